The van der Waals surface area contributed by atoms with Crippen molar-refractivity contribution in [1.29, 1.82) is 5.26 Å². The van der Waals surface area contributed by atoms with Crippen molar-refractivity contribution in [2.24, 2.45) is 7.05 Å². The predicted octanol–water partition coefficient (Wildman–Crippen LogP) is 3.13. The summed E-state index contributed by atoms with van der Waals surface area (Å²) in [5.74, 6) is -3.53. The number of carbonyl (C=O) groups excluding carboxylic acids is 1. The Kier molecular flexibility index (Phi) is 8.11. The Morgan fingerprint density at radius 2 is 2.10 bits per heavy atom. The van der Waals surface area contributed by atoms with Crippen LogP contribution in [-0.2, 0) is 18.3 Å². The van der Waals surface area contributed by atoms with Gasteiger partial charge in [0.05, 0.1) is 36.7 Å². The zero-order chi connectivity index (χ0) is 29.1. The Balaban J connectivity index is 1.93. The van der Waals surface area contributed by atoms with Crippen LogP contribution in [0.4, 0.5) is 10.1 Å². The number of amides is 1. The first-order valence-electron chi connectivity index (χ1n) is 12.3. The van der Waals surface area contributed by atoms with Gasteiger partial charge in [-0.1, -0.05) is 12.1 Å². The van der Waals surface area contributed by atoms with Crippen LogP contribution in [0.2, 0.25) is 0 Å². The topological polar surface area (TPSA) is 161 Å². The number of methoxy groups -OCH3 is 1. The molecule has 1 aromatic carbocycles. The second kappa shape index (κ2) is 11.5. The van der Waals surface area contributed by atoms with E-state index in [9.17, 15) is 24.3 Å². The molecule has 4 aromatic rings. The van der Waals surface area contributed by atoms with E-state index >= 15 is 0 Å². The van der Waals surface area contributed by atoms with Crippen LogP contribution in [-0.4, -0.2) is 49.2 Å². The minimum Gasteiger partial charge on any atom is -0.501 e. The molecule has 0 saturated heterocycles. The Morgan fingerprint density at radius 1 is 1.35 bits per heavy atom. The fourth-order valence-corrected chi connectivity index (χ4v) is 4.90. The van der Waals surface area contributed by atoms with E-state index in [4.69, 9.17) is 9.26 Å². The summed E-state index contributed by atoms with van der Waals surface area (Å²) in [4.78, 5) is 30.4. The van der Waals surface area contributed by atoms with Gasteiger partial charge in [0.1, 0.15) is 23.6 Å². The van der Waals surface area contributed by atoms with E-state index in [1.54, 1.807) is 25.6 Å². The number of nitriles is 1. The molecular weight excluding hydrogens is 521 g/mol. The second-order valence-electron chi connectivity index (χ2n) is 9.31. The lowest BCUT2D eigenvalue weighted by Gasteiger charge is -2.27. The molecule has 12 nitrogen and oxygen atoms in total. The molecule has 0 aliphatic heterocycles. The molecule has 0 spiro atoms. The average molecular weight is 550 g/mol. The molecule has 208 valence electrons. The van der Waals surface area contributed by atoms with E-state index in [0.29, 0.717) is 30.0 Å². The molecule has 3 heterocycles. The van der Waals surface area contributed by atoms with Crippen molar-refractivity contribution < 1.29 is 23.6 Å². The number of nitrogens with one attached hydrogen (secondary N) is 1. The SMILES string of the molecule is COCCn1nc(C)c([C@H](c2cc(F)ccc2C#N)[C@@H](C)c2nc(C(=O)Nc3cnoc3)c(O)c(=O)n2C)c1C. The highest BCUT2D eigenvalue weighted by Gasteiger charge is 2.34. The van der Waals surface area contributed by atoms with Crippen molar-refractivity contribution >= 4 is 11.6 Å². The number of aromatic nitrogens is 5. The lowest BCUT2D eigenvalue weighted by molar-refractivity contribution is 0.101. The van der Waals surface area contributed by atoms with E-state index in [1.807, 2.05) is 6.92 Å². The quantitative estimate of drug-likeness (QED) is 0.319. The molecule has 0 saturated carbocycles. The van der Waals surface area contributed by atoms with Crippen LogP contribution in [0.3, 0.4) is 0 Å². The number of benzene rings is 1. The Hall–Kier alpha value is -4.83. The van der Waals surface area contributed by atoms with Gasteiger partial charge in [-0.2, -0.15) is 10.4 Å². The number of rotatable bonds is 9. The van der Waals surface area contributed by atoms with Crippen LogP contribution < -0.4 is 10.9 Å². The van der Waals surface area contributed by atoms with Gasteiger partial charge in [-0.15, -0.1) is 0 Å². The average Bonchev–Trinajstić information content (AvgIpc) is 3.54. The number of carbonyl (C=O) groups is 1. The molecule has 2 atom stereocenters. The van der Waals surface area contributed by atoms with Gasteiger partial charge in [-0.05, 0) is 37.6 Å². The zero-order valence-corrected chi connectivity index (χ0v) is 22.6. The molecule has 3 aromatic heterocycles. The molecule has 0 fully saturated rings. The van der Waals surface area contributed by atoms with Gasteiger partial charge >= 0.3 is 0 Å². The van der Waals surface area contributed by atoms with Gasteiger partial charge in [0.15, 0.2) is 5.69 Å². The van der Waals surface area contributed by atoms with Crippen LogP contribution in [0, 0.1) is 31.0 Å². The van der Waals surface area contributed by atoms with Crippen LogP contribution in [0.5, 0.6) is 5.75 Å². The fraction of sp³-hybridized carbons (Fsp3) is 0.333. The van der Waals surface area contributed by atoms with E-state index in [0.717, 1.165) is 10.3 Å². The Labute approximate surface area is 228 Å². The number of halogens is 1. The number of aromatic hydroxyl groups is 1. The third kappa shape index (κ3) is 5.21. The molecule has 1 amide bonds. The number of nitrogens with zero attached hydrogens (tertiary/aromatic N) is 6. The van der Waals surface area contributed by atoms with Crippen molar-refractivity contribution in [3.63, 3.8) is 0 Å². The van der Waals surface area contributed by atoms with Gasteiger partial charge in [-0.3, -0.25) is 18.8 Å². The molecule has 40 heavy (non-hydrogen) atoms. The maximum absolute atomic E-state index is 14.6. The van der Waals surface area contributed by atoms with E-state index in [1.165, 1.54) is 37.7 Å². The number of ether oxygens (including phenoxy) is 1. The third-order valence-electron chi connectivity index (χ3n) is 6.84. The van der Waals surface area contributed by atoms with E-state index in [-0.39, 0.29) is 17.1 Å². The summed E-state index contributed by atoms with van der Waals surface area (Å²) in [6.07, 6.45) is 2.42. The molecule has 0 unspecified atom stereocenters. The summed E-state index contributed by atoms with van der Waals surface area (Å²) >= 11 is 0. The van der Waals surface area contributed by atoms with Gasteiger partial charge in [0.2, 0.25) is 5.75 Å². The predicted molar refractivity (Wildman–Crippen MR) is 141 cm³/mol. The van der Waals surface area contributed by atoms with Crippen molar-refractivity contribution in [2.75, 3.05) is 19.0 Å². The van der Waals surface area contributed by atoms with Crippen molar-refractivity contribution in [1.82, 2.24) is 24.5 Å². The fourth-order valence-electron chi connectivity index (χ4n) is 4.90. The summed E-state index contributed by atoms with van der Waals surface area (Å²) in [6.45, 7) is 6.28. The van der Waals surface area contributed by atoms with Crippen molar-refractivity contribution in [3.05, 3.63) is 86.4 Å². The van der Waals surface area contributed by atoms with Crippen LogP contribution in [0.15, 0.2) is 40.0 Å². The number of hydrogen-bond acceptors (Lipinski definition) is 9. The molecule has 13 heteroatoms. The van der Waals surface area contributed by atoms with Gasteiger partial charge in [-0.25, -0.2) is 9.37 Å². The maximum atomic E-state index is 14.6. The molecule has 0 aliphatic rings. The standard InChI is InChI=1S/C27H28FN7O5/c1-14(25-32-23(24(36)27(38)34(25)4)26(37)31-19-12-30-40-13-19)21(20-10-18(28)7-6-17(20)11-29)22-15(2)33-35(16(22)3)8-9-39-5/h6-7,10,12-14,21,36H,8-9H2,1-5H3,(H,31,37)/t14-,21+/m1/s1. The summed E-state index contributed by atoms with van der Waals surface area (Å²) in [5.41, 5.74) is 1.54. The first kappa shape index (κ1) is 28.2. The Morgan fingerprint density at radius 3 is 2.75 bits per heavy atom. The highest BCUT2D eigenvalue weighted by Crippen LogP contribution is 2.42. The van der Waals surface area contributed by atoms with Crippen molar-refractivity contribution in [3.8, 4) is 11.8 Å². The van der Waals surface area contributed by atoms with Crippen LogP contribution in [0.25, 0.3) is 0 Å². The first-order valence-corrected chi connectivity index (χ1v) is 12.3. The summed E-state index contributed by atoms with van der Waals surface area (Å²) < 4.78 is 27.4. The lowest BCUT2D eigenvalue weighted by Crippen LogP contribution is -2.30. The smallest absolute Gasteiger partial charge is 0.296 e. The summed E-state index contributed by atoms with van der Waals surface area (Å²) in [6, 6.07) is 6.00. The number of hydrogen-bond donors (Lipinski definition) is 2. The summed E-state index contributed by atoms with van der Waals surface area (Å²) in [7, 11) is 3.00. The first-order chi connectivity index (χ1) is 19.1. The number of aryl methyl sites for hydroxylation is 1. The maximum Gasteiger partial charge on any atom is 0.296 e. The molecular formula is C27H28FN7O5. The van der Waals surface area contributed by atoms with Gasteiger partial charge in [0, 0.05) is 37.3 Å². The zero-order valence-electron chi connectivity index (χ0n) is 22.6. The highest BCUT2D eigenvalue weighted by molar-refractivity contribution is 6.04. The molecule has 2 N–H and O–H groups in total. The molecule has 0 radical (unpaired) electrons. The lowest BCUT2D eigenvalue weighted by atomic mass is 9.78. The Bertz CT molecular complexity index is 1650. The summed E-state index contributed by atoms with van der Waals surface area (Å²) in [5, 5.41) is 31.1. The van der Waals surface area contributed by atoms with E-state index < -0.39 is 40.6 Å². The van der Waals surface area contributed by atoms with Crippen LogP contribution in [0.1, 0.15) is 63.2 Å². The minimum absolute atomic E-state index is 0.125. The molecule has 4 rings (SSSR count). The molecule has 0 bridgehead atoms. The van der Waals surface area contributed by atoms with Gasteiger partial charge in [0.25, 0.3) is 11.5 Å². The second-order valence-corrected chi connectivity index (χ2v) is 9.31. The van der Waals surface area contributed by atoms with Crippen molar-refractivity contribution in [2.45, 2.75) is 39.2 Å². The molecule has 0 aliphatic carbocycles. The normalized spacial score (nSPS) is 12.6. The highest BCUT2D eigenvalue weighted by atomic mass is 19.1. The van der Waals surface area contributed by atoms with Crippen LogP contribution >= 0.6 is 0 Å². The number of anilines is 1. The largest absolute Gasteiger partial charge is 0.501 e. The third-order valence-corrected chi connectivity index (χ3v) is 6.84. The van der Waals surface area contributed by atoms with E-state index in [2.05, 4.69) is 26.6 Å². The monoisotopic (exact) mass is 549 g/mol. The minimum atomic E-state index is -0.855. The van der Waals surface area contributed by atoms with Gasteiger partial charge < -0.3 is 19.7 Å².